The van der Waals surface area contributed by atoms with E-state index in [0.29, 0.717) is 17.1 Å². The van der Waals surface area contributed by atoms with Crippen LogP contribution in [0.3, 0.4) is 0 Å². The zero-order valence-electron chi connectivity index (χ0n) is 9.48. The first-order valence-corrected chi connectivity index (χ1v) is 5.27. The molecule has 88 valence electrons. The first kappa shape index (κ1) is 11.5. The minimum absolute atomic E-state index is 0.181. The van der Waals surface area contributed by atoms with E-state index in [1.165, 1.54) is 6.07 Å². The van der Waals surface area contributed by atoms with E-state index in [9.17, 15) is 4.39 Å². The van der Waals surface area contributed by atoms with Crippen molar-refractivity contribution in [3.63, 3.8) is 0 Å². The van der Waals surface area contributed by atoms with Gasteiger partial charge >= 0.3 is 0 Å². The molecule has 2 N–H and O–H groups in total. The van der Waals surface area contributed by atoms with E-state index in [1.807, 2.05) is 6.92 Å². The molecule has 0 aliphatic heterocycles. The fourth-order valence-corrected chi connectivity index (χ4v) is 1.46. The SMILES string of the molecule is Cc1cnccc1Oc1ccc(CN)c(F)c1. The van der Waals surface area contributed by atoms with Crippen LogP contribution in [0, 0.1) is 12.7 Å². The Balaban J connectivity index is 2.25. The molecule has 0 saturated heterocycles. The minimum Gasteiger partial charge on any atom is -0.457 e. The third-order valence-electron chi connectivity index (χ3n) is 2.44. The number of hydrogen-bond donors (Lipinski definition) is 1. The summed E-state index contributed by atoms with van der Waals surface area (Å²) < 4.78 is 19.1. The molecule has 2 rings (SSSR count). The van der Waals surface area contributed by atoms with Crippen molar-refractivity contribution in [3.05, 3.63) is 53.6 Å². The molecule has 0 saturated carbocycles. The van der Waals surface area contributed by atoms with Crippen LogP contribution in [0.1, 0.15) is 11.1 Å². The Labute approximate surface area is 99.1 Å². The monoisotopic (exact) mass is 232 g/mol. The summed E-state index contributed by atoms with van der Waals surface area (Å²) in [6.07, 6.45) is 3.33. The maximum absolute atomic E-state index is 13.5. The van der Waals surface area contributed by atoms with E-state index >= 15 is 0 Å². The van der Waals surface area contributed by atoms with E-state index in [-0.39, 0.29) is 12.4 Å². The van der Waals surface area contributed by atoms with Gasteiger partial charge in [0.05, 0.1) is 0 Å². The number of aromatic nitrogens is 1. The van der Waals surface area contributed by atoms with Crippen LogP contribution in [0.15, 0.2) is 36.7 Å². The number of ether oxygens (including phenoxy) is 1. The Morgan fingerprint density at radius 2 is 2.18 bits per heavy atom. The minimum atomic E-state index is -0.350. The van der Waals surface area contributed by atoms with Crippen LogP contribution in [-0.2, 0) is 6.54 Å². The van der Waals surface area contributed by atoms with Gasteiger partial charge in [0.2, 0.25) is 0 Å². The zero-order chi connectivity index (χ0) is 12.3. The number of rotatable bonds is 3. The predicted molar refractivity (Wildman–Crippen MR) is 63.3 cm³/mol. The highest BCUT2D eigenvalue weighted by Gasteiger charge is 2.05. The molecule has 0 amide bonds. The molecule has 0 spiro atoms. The lowest BCUT2D eigenvalue weighted by molar-refractivity contribution is 0.471. The van der Waals surface area contributed by atoms with Gasteiger partial charge in [0.1, 0.15) is 17.3 Å². The van der Waals surface area contributed by atoms with E-state index in [0.717, 1.165) is 5.56 Å². The number of pyridine rings is 1. The van der Waals surface area contributed by atoms with Crippen molar-refractivity contribution >= 4 is 0 Å². The normalized spacial score (nSPS) is 10.3. The number of hydrogen-bond acceptors (Lipinski definition) is 3. The molecular formula is C13H13FN2O. The van der Waals surface area contributed by atoms with Gasteiger partial charge in [0, 0.05) is 36.1 Å². The second-order valence-electron chi connectivity index (χ2n) is 3.70. The lowest BCUT2D eigenvalue weighted by Gasteiger charge is -2.09. The fourth-order valence-electron chi connectivity index (χ4n) is 1.46. The zero-order valence-corrected chi connectivity index (χ0v) is 9.48. The molecule has 1 heterocycles. The Morgan fingerprint density at radius 1 is 1.35 bits per heavy atom. The summed E-state index contributed by atoms with van der Waals surface area (Å²) in [6.45, 7) is 2.06. The van der Waals surface area contributed by atoms with Crippen LogP contribution in [-0.4, -0.2) is 4.98 Å². The van der Waals surface area contributed by atoms with Gasteiger partial charge in [-0.1, -0.05) is 6.07 Å². The molecule has 0 atom stereocenters. The van der Waals surface area contributed by atoms with Crippen LogP contribution >= 0.6 is 0 Å². The predicted octanol–water partition coefficient (Wildman–Crippen LogP) is 2.78. The number of nitrogens with zero attached hydrogens (tertiary/aromatic N) is 1. The number of benzene rings is 1. The molecule has 1 aromatic heterocycles. The molecular weight excluding hydrogens is 219 g/mol. The molecule has 17 heavy (non-hydrogen) atoms. The largest absolute Gasteiger partial charge is 0.457 e. The van der Waals surface area contributed by atoms with Crippen molar-refractivity contribution in [1.29, 1.82) is 0 Å². The first-order chi connectivity index (χ1) is 8.20. The van der Waals surface area contributed by atoms with Crippen molar-refractivity contribution in [2.75, 3.05) is 0 Å². The average Bonchev–Trinajstić information content (AvgIpc) is 2.32. The van der Waals surface area contributed by atoms with Crippen molar-refractivity contribution in [1.82, 2.24) is 4.98 Å². The molecule has 0 unspecified atom stereocenters. The van der Waals surface area contributed by atoms with E-state index in [2.05, 4.69) is 4.98 Å². The molecule has 3 nitrogen and oxygen atoms in total. The third-order valence-corrected chi connectivity index (χ3v) is 2.44. The van der Waals surface area contributed by atoms with Crippen LogP contribution in [0.4, 0.5) is 4.39 Å². The Morgan fingerprint density at radius 3 is 2.82 bits per heavy atom. The quantitative estimate of drug-likeness (QED) is 0.885. The fraction of sp³-hybridized carbons (Fsp3) is 0.154. The number of aryl methyl sites for hydroxylation is 1. The lowest BCUT2D eigenvalue weighted by atomic mass is 10.2. The topological polar surface area (TPSA) is 48.1 Å². The van der Waals surface area contributed by atoms with Gasteiger partial charge in [-0.05, 0) is 19.1 Å². The van der Waals surface area contributed by atoms with Gasteiger partial charge in [-0.2, -0.15) is 0 Å². The second-order valence-corrected chi connectivity index (χ2v) is 3.70. The molecule has 0 aliphatic carbocycles. The van der Waals surface area contributed by atoms with Gasteiger partial charge < -0.3 is 10.5 Å². The second kappa shape index (κ2) is 4.93. The molecule has 2 aromatic rings. The molecule has 1 aromatic carbocycles. The van der Waals surface area contributed by atoms with Gasteiger partial charge in [-0.15, -0.1) is 0 Å². The standard InChI is InChI=1S/C13H13FN2O/c1-9-8-16-5-4-13(9)17-11-3-2-10(7-15)12(14)6-11/h2-6,8H,7,15H2,1H3. The average molecular weight is 232 g/mol. The van der Waals surface area contributed by atoms with Crippen molar-refractivity contribution in [3.8, 4) is 11.5 Å². The van der Waals surface area contributed by atoms with E-state index in [4.69, 9.17) is 10.5 Å². The highest BCUT2D eigenvalue weighted by Crippen LogP contribution is 2.25. The van der Waals surface area contributed by atoms with Gasteiger partial charge in [-0.3, -0.25) is 4.98 Å². The Hall–Kier alpha value is -1.94. The first-order valence-electron chi connectivity index (χ1n) is 5.27. The van der Waals surface area contributed by atoms with Gasteiger partial charge in [0.15, 0.2) is 0 Å². The highest BCUT2D eigenvalue weighted by molar-refractivity contribution is 5.36. The van der Waals surface area contributed by atoms with Crippen LogP contribution in [0.5, 0.6) is 11.5 Å². The van der Waals surface area contributed by atoms with Gasteiger partial charge in [-0.25, -0.2) is 4.39 Å². The highest BCUT2D eigenvalue weighted by atomic mass is 19.1. The smallest absolute Gasteiger partial charge is 0.133 e. The molecule has 0 bridgehead atoms. The molecule has 4 heteroatoms. The van der Waals surface area contributed by atoms with E-state index in [1.54, 1.807) is 30.6 Å². The number of halogens is 1. The van der Waals surface area contributed by atoms with Crippen molar-refractivity contribution in [2.24, 2.45) is 5.73 Å². The van der Waals surface area contributed by atoms with Crippen LogP contribution in [0.25, 0.3) is 0 Å². The summed E-state index contributed by atoms with van der Waals surface area (Å²) in [6, 6.07) is 6.40. The summed E-state index contributed by atoms with van der Waals surface area (Å²) in [5.41, 5.74) is 6.76. The van der Waals surface area contributed by atoms with Gasteiger partial charge in [0.25, 0.3) is 0 Å². The summed E-state index contributed by atoms with van der Waals surface area (Å²) in [5.74, 6) is 0.769. The summed E-state index contributed by atoms with van der Waals surface area (Å²) >= 11 is 0. The third kappa shape index (κ3) is 2.60. The van der Waals surface area contributed by atoms with Crippen LogP contribution < -0.4 is 10.5 Å². The Bertz CT molecular complexity index is 529. The van der Waals surface area contributed by atoms with Crippen molar-refractivity contribution in [2.45, 2.75) is 13.5 Å². The molecule has 0 radical (unpaired) electrons. The maximum Gasteiger partial charge on any atom is 0.133 e. The summed E-state index contributed by atoms with van der Waals surface area (Å²) in [4.78, 5) is 3.96. The lowest BCUT2D eigenvalue weighted by Crippen LogP contribution is -1.99. The molecule has 0 aliphatic rings. The maximum atomic E-state index is 13.5. The van der Waals surface area contributed by atoms with E-state index < -0.39 is 0 Å². The Kier molecular flexibility index (Phi) is 3.35. The van der Waals surface area contributed by atoms with Crippen LogP contribution in [0.2, 0.25) is 0 Å². The summed E-state index contributed by atoms with van der Waals surface area (Å²) in [7, 11) is 0. The molecule has 0 fully saturated rings. The summed E-state index contributed by atoms with van der Waals surface area (Å²) in [5, 5.41) is 0. The van der Waals surface area contributed by atoms with Crippen molar-refractivity contribution < 1.29 is 9.13 Å². The number of nitrogens with two attached hydrogens (primary N) is 1.